The highest BCUT2D eigenvalue weighted by Crippen LogP contribution is 2.25. The summed E-state index contributed by atoms with van der Waals surface area (Å²) < 4.78 is 28.1. The zero-order valence-corrected chi connectivity index (χ0v) is 13.2. The lowest BCUT2D eigenvalue weighted by Crippen LogP contribution is -2.54. The second-order valence-electron chi connectivity index (χ2n) is 6.01. The number of hydrogen-bond donors (Lipinski definition) is 1. The molecule has 1 N–H and O–H groups in total. The largest absolute Gasteiger partial charge is 0.481 e. The van der Waals surface area contributed by atoms with Crippen molar-refractivity contribution >= 4 is 16.2 Å². The second kappa shape index (κ2) is 6.24. The SMILES string of the molecule is C=CCN(C(C)(C)C)S(=O)(=O)N1CCC(C(=O)O)CC1. The number of hydrogen-bond acceptors (Lipinski definition) is 3. The highest BCUT2D eigenvalue weighted by molar-refractivity contribution is 7.86. The van der Waals surface area contributed by atoms with E-state index < -0.39 is 27.6 Å². The number of carboxylic acid groups (broad SMARTS) is 1. The van der Waals surface area contributed by atoms with Crippen LogP contribution in [0.25, 0.3) is 0 Å². The van der Waals surface area contributed by atoms with Gasteiger partial charge in [-0.05, 0) is 33.6 Å². The van der Waals surface area contributed by atoms with E-state index >= 15 is 0 Å². The summed E-state index contributed by atoms with van der Waals surface area (Å²) in [5.74, 6) is -1.29. The molecule has 20 heavy (non-hydrogen) atoms. The molecule has 6 nitrogen and oxygen atoms in total. The van der Waals surface area contributed by atoms with Gasteiger partial charge < -0.3 is 5.11 Å². The maximum absolute atomic E-state index is 12.7. The number of nitrogens with zero attached hydrogens (tertiary/aromatic N) is 2. The molecule has 0 aromatic rings. The molecule has 0 unspecified atom stereocenters. The Kier molecular flexibility index (Phi) is 5.34. The minimum absolute atomic E-state index is 0.241. The quantitative estimate of drug-likeness (QED) is 0.777. The van der Waals surface area contributed by atoms with Crippen molar-refractivity contribution in [2.24, 2.45) is 5.92 Å². The van der Waals surface area contributed by atoms with Crippen LogP contribution < -0.4 is 0 Å². The summed E-state index contributed by atoms with van der Waals surface area (Å²) in [4.78, 5) is 10.9. The minimum atomic E-state index is -3.59. The Balaban J connectivity index is 2.88. The number of carbonyl (C=O) groups is 1. The van der Waals surface area contributed by atoms with Crippen molar-refractivity contribution in [1.82, 2.24) is 8.61 Å². The number of aliphatic carboxylic acids is 1. The first kappa shape index (κ1) is 17.1. The van der Waals surface area contributed by atoms with Gasteiger partial charge in [-0.3, -0.25) is 4.79 Å². The zero-order valence-electron chi connectivity index (χ0n) is 12.4. The van der Waals surface area contributed by atoms with Crippen LogP contribution in [0.4, 0.5) is 0 Å². The summed E-state index contributed by atoms with van der Waals surface area (Å²) in [6.07, 6.45) is 2.29. The van der Waals surface area contributed by atoms with E-state index in [1.165, 1.54) is 8.61 Å². The second-order valence-corrected chi connectivity index (χ2v) is 7.86. The van der Waals surface area contributed by atoms with E-state index in [2.05, 4.69) is 6.58 Å². The van der Waals surface area contributed by atoms with Crippen molar-refractivity contribution in [3.63, 3.8) is 0 Å². The van der Waals surface area contributed by atoms with Crippen LogP contribution in [0.5, 0.6) is 0 Å². The highest BCUT2D eigenvalue weighted by Gasteiger charge is 2.38. The fourth-order valence-corrected chi connectivity index (χ4v) is 4.24. The van der Waals surface area contributed by atoms with Gasteiger partial charge in [-0.15, -0.1) is 6.58 Å². The van der Waals surface area contributed by atoms with Gasteiger partial charge in [0.15, 0.2) is 0 Å². The molecule has 0 saturated carbocycles. The van der Waals surface area contributed by atoms with E-state index in [9.17, 15) is 13.2 Å². The Bertz CT molecular complexity index is 459. The first-order chi connectivity index (χ1) is 9.10. The average molecular weight is 304 g/mol. The molecule has 7 heteroatoms. The molecular weight excluding hydrogens is 280 g/mol. The maximum Gasteiger partial charge on any atom is 0.306 e. The molecule has 0 amide bonds. The average Bonchev–Trinajstić information content (AvgIpc) is 2.34. The van der Waals surface area contributed by atoms with Crippen LogP contribution >= 0.6 is 0 Å². The molecule has 0 aromatic heterocycles. The van der Waals surface area contributed by atoms with Gasteiger partial charge in [-0.1, -0.05) is 6.08 Å². The summed E-state index contributed by atoms with van der Waals surface area (Å²) in [6, 6.07) is 0. The van der Waals surface area contributed by atoms with Crippen molar-refractivity contribution in [3.8, 4) is 0 Å². The molecule has 0 aliphatic carbocycles. The van der Waals surface area contributed by atoms with Gasteiger partial charge in [0.1, 0.15) is 0 Å². The molecule has 0 atom stereocenters. The molecule has 116 valence electrons. The van der Waals surface area contributed by atoms with E-state index in [0.29, 0.717) is 12.8 Å². The molecular formula is C13H24N2O4S. The van der Waals surface area contributed by atoms with Crippen LogP contribution in [0.15, 0.2) is 12.7 Å². The molecule has 0 spiro atoms. The summed E-state index contributed by atoms with van der Waals surface area (Å²) in [7, 11) is -3.59. The predicted octanol–water partition coefficient (Wildman–Crippen LogP) is 1.31. The molecule has 0 aromatic carbocycles. The van der Waals surface area contributed by atoms with Crippen molar-refractivity contribution < 1.29 is 18.3 Å². The van der Waals surface area contributed by atoms with Gasteiger partial charge in [0.05, 0.1) is 5.92 Å². The smallest absolute Gasteiger partial charge is 0.306 e. The van der Waals surface area contributed by atoms with Crippen molar-refractivity contribution in [2.45, 2.75) is 39.2 Å². The molecule has 1 aliphatic rings. The molecule has 0 bridgehead atoms. The van der Waals surface area contributed by atoms with Gasteiger partial charge in [-0.2, -0.15) is 17.0 Å². The Morgan fingerprint density at radius 3 is 2.25 bits per heavy atom. The van der Waals surface area contributed by atoms with Gasteiger partial charge >= 0.3 is 5.97 Å². The standard InChI is InChI=1S/C13H24N2O4S/c1-5-8-15(13(2,3)4)20(18,19)14-9-6-11(7-10-14)12(16)17/h5,11H,1,6-10H2,2-4H3,(H,16,17). The molecule has 1 rings (SSSR count). The van der Waals surface area contributed by atoms with Crippen LogP contribution in [0, 0.1) is 5.92 Å². The van der Waals surface area contributed by atoms with Gasteiger partial charge in [0, 0.05) is 25.2 Å². The third-order valence-corrected chi connectivity index (χ3v) is 5.72. The Hall–Kier alpha value is -0.920. The van der Waals surface area contributed by atoms with E-state index in [1.54, 1.807) is 6.08 Å². The van der Waals surface area contributed by atoms with Crippen LogP contribution in [0.2, 0.25) is 0 Å². The lowest BCUT2D eigenvalue weighted by Gasteiger charge is -2.39. The van der Waals surface area contributed by atoms with Crippen molar-refractivity contribution in [1.29, 1.82) is 0 Å². The lowest BCUT2D eigenvalue weighted by molar-refractivity contribution is -0.142. The topological polar surface area (TPSA) is 77.9 Å². The summed E-state index contributed by atoms with van der Waals surface area (Å²) in [5.41, 5.74) is -0.545. The molecule has 1 saturated heterocycles. The monoisotopic (exact) mass is 304 g/mol. The molecule has 1 heterocycles. The molecule has 0 radical (unpaired) electrons. The van der Waals surface area contributed by atoms with Crippen molar-refractivity contribution in [3.05, 3.63) is 12.7 Å². The third kappa shape index (κ3) is 3.80. The first-order valence-electron chi connectivity index (χ1n) is 6.72. The van der Waals surface area contributed by atoms with Crippen LogP contribution in [0.3, 0.4) is 0 Å². The fourth-order valence-electron chi connectivity index (χ4n) is 2.30. The van der Waals surface area contributed by atoms with Crippen LogP contribution in [0.1, 0.15) is 33.6 Å². The fraction of sp³-hybridized carbons (Fsp3) is 0.769. The van der Waals surface area contributed by atoms with Gasteiger partial charge in [0.25, 0.3) is 10.2 Å². The third-order valence-electron chi connectivity index (χ3n) is 3.45. The van der Waals surface area contributed by atoms with Gasteiger partial charge in [0.2, 0.25) is 0 Å². The van der Waals surface area contributed by atoms with Crippen LogP contribution in [-0.2, 0) is 15.0 Å². The highest BCUT2D eigenvalue weighted by atomic mass is 32.2. The van der Waals surface area contributed by atoms with Crippen molar-refractivity contribution in [2.75, 3.05) is 19.6 Å². The van der Waals surface area contributed by atoms with Gasteiger partial charge in [-0.25, -0.2) is 0 Å². The molecule has 1 aliphatic heterocycles. The summed E-state index contributed by atoms with van der Waals surface area (Å²) in [5, 5.41) is 8.96. The van der Waals surface area contributed by atoms with E-state index in [0.717, 1.165) is 0 Å². The zero-order chi connectivity index (χ0) is 15.6. The maximum atomic E-state index is 12.7. The Morgan fingerprint density at radius 2 is 1.90 bits per heavy atom. The summed E-state index contributed by atoms with van der Waals surface area (Å²) in [6.45, 7) is 9.85. The normalized spacial score (nSPS) is 19.2. The number of carboxylic acids is 1. The minimum Gasteiger partial charge on any atom is -0.481 e. The predicted molar refractivity (Wildman–Crippen MR) is 77.5 cm³/mol. The number of piperidine rings is 1. The Morgan fingerprint density at radius 1 is 1.40 bits per heavy atom. The van der Waals surface area contributed by atoms with E-state index in [1.807, 2.05) is 20.8 Å². The summed E-state index contributed by atoms with van der Waals surface area (Å²) >= 11 is 0. The first-order valence-corrected chi connectivity index (χ1v) is 8.12. The Labute approximate surface area is 121 Å². The van der Waals surface area contributed by atoms with E-state index in [-0.39, 0.29) is 19.6 Å². The van der Waals surface area contributed by atoms with Crippen LogP contribution in [-0.4, -0.2) is 53.3 Å². The molecule has 1 fully saturated rings. The lowest BCUT2D eigenvalue weighted by atomic mass is 9.99. The van der Waals surface area contributed by atoms with E-state index in [4.69, 9.17) is 5.11 Å². The number of rotatable bonds is 5.